The second-order valence-electron chi connectivity index (χ2n) is 3.42. The van der Waals surface area contributed by atoms with Crippen LogP contribution in [0.1, 0.15) is 25.7 Å². The van der Waals surface area contributed by atoms with Gasteiger partial charge in [0.15, 0.2) is 6.67 Å². The molecule has 0 radical (unpaired) electrons. The van der Waals surface area contributed by atoms with Crippen LogP contribution in [0, 0.1) is 0 Å². The molecular weight excluding hydrogens is 154 g/mol. The number of hydrogen-bond acceptors (Lipinski definition) is 2. The molecule has 1 unspecified atom stereocenters. The average Bonchev–Trinajstić information content (AvgIpc) is 2.02. The van der Waals surface area contributed by atoms with Gasteiger partial charge < -0.3 is 5.84 Å². The molecule has 0 aliphatic carbocycles. The molecule has 72 valence electrons. The van der Waals surface area contributed by atoms with Gasteiger partial charge in [0.2, 0.25) is 0 Å². The third kappa shape index (κ3) is 4.01. The van der Waals surface area contributed by atoms with Crippen LogP contribution in [0.3, 0.4) is 0 Å². The van der Waals surface area contributed by atoms with Crippen LogP contribution in [0.2, 0.25) is 0 Å². The Labute approximate surface area is 74.2 Å². The molecule has 0 amide bonds. The van der Waals surface area contributed by atoms with Crippen molar-refractivity contribution in [2.75, 3.05) is 26.9 Å². The van der Waals surface area contributed by atoms with Crippen molar-refractivity contribution in [1.29, 1.82) is 0 Å². The number of nitrogens with one attached hydrogen (secondary N) is 2. The molecule has 4 nitrogen and oxygen atoms in total. The minimum atomic E-state index is 0.416. The van der Waals surface area contributed by atoms with E-state index in [1.54, 1.807) is 0 Å². The maximum absolute atomic E-state index is 7.46. The second-order valence-corrected chi connectivity index (χ2v) is 3.42. The van der Waals surface area contributed by atoms with Crippen LogP contribution in [0.4, 0.5) is 0 Å². The minimum Gasteiger partial charge on any atom is -0.433 e. The summed E-state index contributed by atoms with van der Waals surface area (Å²) in [5.74, 6) is 7.46. The maximum Gasteiger partial charge on any atom is 0.153 e. The summed E-state index contributed by atoms with van der Waals surface area (Å²) in [6.45, 7) is 2.48. The molecule has 1 rings (SSSR count). The first-order chi connectivity index (χ1) is 5.79. The van der Waals surface area contributed by atoms with Gasteiger partial charge in [0.05, 0.1) is 0 Å². The van der Waals surface area contributed by atoms with Crippen LogP contribution in [-0.2, 0) is 4.84 Å². The molecule has 0 saturated carbocycles. The molecule has 1 heterocycles. The summed E-state index contributed by atoms with van der Waals surface area (Å²) in [5, 5.41) is 0.416. The predicted molar refractivity (Wildman–Crippen MR) is 47.2 cm³/mol. The van der Waals surface area contributed by atoms with E-state index < -0.39 is 0 Å². The van der Waals surface area contributed by atoms with Crippen molar-refractivity contribution in [3.63, 3.8) is 0 Å². The molecule has 0 bridgehead atoms. The zero-order valence-electron chi connectivity index (χ0n) is 7.81. The highest BCUT2D eigenvalue weighted by Gasteiger charge is 2.05. The predicted octanol–water partition coefficient (Wildman–Crippen LogP) is 0.233. The molecule has 1 saturated heterocycles. The Bertz CT molecular complexity index is 109. The van der Waals surface area contributed by atoms with Crippen LogP contribution < -0.4 is 5.17 Å². The second kappa shape index (κ2) is 5.48. The largest absolute Gasteiger partial charge is 0.433 e. The van der Waals surface area contributed by atoms with Gasteiger partial charge >= 0.3 is 0 Å². The summed E-state index contributed by atoms with van der Waals surface area (Å²) >= 11 is 0. The van der Waals surface area contributed by atoms with E-state index in [-0.39, 0.29) is 0 Å². The zero-order valence-corrected chi connectivity index (χ0v) is 7.81. The first-order valence-corrected chi connectivity index (χ1v) is 4.68. The monoisotopic (exact) mass is 173 g/mol. The van der Waals surface area contributed by atoms with Gasteiger partial charge in [0.25, 0.3) is 0 Å². The van der Waals surface area contributed by atoms with E-state index in [4.69, 9.17) is 10.7 Å². The Hall–Kier alpha value is -0.160. The number of quaternary nitrogens is 1. The lowest BCUT2D eigenvalue weighted by Crippen LogP contribution is -3.06. The Balaban J connectivity index is 2.24. The van der Waals surface area contributed by atoms with Crippen LogP contribution in [0.5, 0.6) is 0 Å². The molecule has 2 N–H and O–H groups in total. The lowest BCUT2D eigenvalue weighted by Gasteiger charge is -2.26. The van der Waals surface area contributed by atoms with Crippen molar-refractivity contribution in [3.05, 3.63) is 5.84 Å². The summed E-state index contributed by atoms with van der Waals surface area (Å²) in [5.41, 5.74) is 0. The molecule has 0 aromatic heterocycles. The third-order valence-electron chi connectivity index (χ3n) is 2.12. The highest BCUT2D eigenvalue weighted by Crippen LogP contribution is 2.01. The van der Waals surface area contributed by atoms with E-state index in [0.717, 1.165) is 19.6 Å². The van der Waals surface area contributed by atoms with Crippen molar-refractivity contribution in [2.45, 2.75) is 25.7 Å². The highest BCUT2D eigenvalue weighted by molar-refractivity contribution is 4.48. The van der Waals surface area contributed by atoms with Crippen molar-refractivity contribution >= 4 is 0 Å². The van der Waals surface area contributed by atoms with Gasteiger partial charge in [-0.25, -0.2) is 10.0 Å². The quantitative estimate of drug-likeness (QED) is 0.570. The number of hydrogen-bond donors (Lipinski definition) is 1. The van der Waals surface area contributed by atoms with E-state index in [1.807, 2.05) is 7.05 Å². The molecule has 4 heteroatoms. The summed E-state index contributed by atoms with van der Waals surface area (Å²) in [4.78, 5) is 7.38. The summed E-state index contributed by atoms with van der Waals surface area (Å²) in [6.07, 6.45) is 4.89. The van der Waals surface area contributed by atoms with Gasteiger partial charge in [-0.3, -0.25) is 4.90 Å². The van der Waals surface area contributed by atoms with Crippen molar-refractivity contribution in [2.24, 2.45) is 0 Å². The van der Waals surface area contributed by atoms with Crippen LogP contribution in [0.25, 0.3) is 5.84 Å². The first-order valence-electron chi connectivity index (χ1n) is 4.68. The van der Waals surface area contributed by atoms with Gasteiger partial charge in [-0.1, -0.05) is 12.8 Å². The molecule has 1 aliphatic rings. The van der Waals surface area contributed by atoms with E-state index >= 15 is 0 Å². The lowest BCUT2D eigenvalue weighted by atomic mass is 10.2. The smallest absolute Gasteiger partial charge is 0.153 e. The van der Waals surface area contributed by atoms with Crippen LogP contribution >= 0.6 is 0 Å². The van der Waals surface area contributed by atoms with Gasteiger partial charge in [0, 0.05) is 6.54 Å². The molecule has 1 aliphatic heterocycles. The summed E-state index contributed by atoms with van der Waals surface area (Å²) < 4.78 is 0. The number of nitrogens with zero attached hydrogens (tertiary/aromatic N) is 1. The van der Waals surface area contributed by atoms with Crippen LogP contribution in [-0.4, -0.2) is 31.8 Å². The summed E-state index contributed by atoms with van der Waals surface area (Å²) in [7, 11) is 2.04. The number of hydroxylamine groups is 1. The molecule has 0 aromatic carbocycles. The fourth-order valence-electron chi connectivity index (χ4n) is 1.40. The SMILES string of the molecule is CN1CCCCCCO[NH+]([NH-])C1. The highest BCUT2D eigenvalue weighted by atomic mass is 16.7. The van der Waals surface area contributed by atoms with Crippen molar-refractivity contribution in [1.82, 2.24) is 4.90 Å². The Morgan fingerprint density at radius 2 is 2.00 bits per heavy atom. The van der Waals surface area contributed by atoms with Crippen LogP contribution in [0.15, 0.2) is 0 Å². The normalized spacial score (nSPS) is 30.0. The molecule has 1 atom stereocenters. The minimum absolute atomic E-state index is 0.416. The van der Waals surface area contributed by atoms with Gasteiger partial charge in [-0.15, -0.1) is 0 Å². The average molecular weight is 173 g/mol. The fourth-order valence-corrected chi connectivity index (χ4v) is 1.40. The number of rotatable bonds is 0. The molecule has 1 fully saturated rings. The van der Waals surface area contributed by atoms with Crippen molar-refractivity contribution < 1.29 is 10.0 Å². The molecular formula is C8H19N3O. The maximum atomic E-state index is 7.46. The Kier molecular flexibility index (Phi) is 4.53. The fraction of sp³-hybridized carbons (Fsp3) is 1.00. The summed E-state index contributed by atoms with van der Waals surface area (Å²) in [6, 6.07) is 0. The van der Waals surface area contributed by atoms with E-state index in [2.05, 4.69) is 4.90 Å². The standard InChI is InChI=1S/C8H19N3O/c1-10-6-4-2-3-5-7-12-11(9)8-10/h9,11H,2-8H2,1H3. The third-order valence-corrected chi connectivity index (χ3v) is 2.12. The topological polar surface area (TPSA) is 40.7 Å². The van der Waals surface area contributed by atoms with Gasteiger partial charge in [-0.2, -0.15) is 0 Å². The van der Waals surface area contributed by atoms with Gasteiger partial charge in [-0.05, 0) is 19.9 Å². The Morgan fingerprint density at radius 3 is 2.83 bits per heavy atom. The Morgan fingerprint density at radius 1 is 1.25 bits per heavy atom. The molecule has 0 spiro atoms. The van der Waals surface area contributed by atoms with Crippen molar-refractivity contribution in [3.8, 4) is 0 Å². The van der Waals surface area contributed by atoms with E-state index in [1.165, 1.54) is 19.3 Å². The van der Waals surface area contributed by atoms with Gasteiger partial charge in [0.1, 0.15) is 6.61 Å². The zero-order chi connectivity index (χ0) is 8.81. The first kappa shape index (κ1) is 9.92. The molecule has 0 aromatic rings. The van der Waals surface area contributed by atoms with E-state index in [0.29, 0.717) is 11.8 Å². The van der Waals surface area contributed by atoms with E-state index in [9.17, 15) is 0 Å². The lowest BCUT2D eigenvalue weighted by molar-refractivity contribution is -1.06. The molecule has 12 heavy (non-hydrogen) atoms.